The lowest BCUT2D eigenvalue weighted by atomic mass is 9.88. The highest BCUT2D eigenvalue weighted by Crippen LogP contribution is 2.29. The first-order valence-electron chi connectivity index (χ1n) is 8.13. The van der Waals surface area contributed by atoms with Crippen LogP contribution in [0.15, 0.2) is 58.7 Å². The molecule has 2 heteroatoms. The van der Waals surface area contributed by atoms with E-state index in [4.69, 9.17) is 4.74 Å². The Kier molecular flexibility index (Phi) is 8.27. The molecule has 1 aliphatic rings. The molecule has 0 bridgehead atoms. The first-order chi connectivity index (χ1) is 10.6. The van der Waals surface area contributed by atoms with Gasteiger partial charge in [0.05, 0.1) is 6.61 Å². The van der Waals surface area contributed by atoms with Crippen LogP contribution in [0.4, 0.5) is 0 Å². The maximum Gasteiger partial charge on any atom is 0.330 e. The van der Waals surface area contributed by atoms with Crippen molar-refractivity contribution in [3.63, 3.8) is 0 Å². The quantitative estimate of drug-likeness (QED) is 0.383. The summed E-state index contributed by atoms with van der Waals surface area (Å²) in [5.74, 6) is -0.285. The van der Waals surface area contributed by atoms with Gasteiger partial charge >= 0.3 is 5.97 Å². The third-order valence-electron chi connectivity index (χ3n) is 3.66. The SMILES string of the molecule is C/C=C1/CCCC/C1=C\C(C)=C\C=C\C(C)=C/C(=O)OCC. The number of ether oxygens (including phenoxy) is 1. The molecule has 0 aromatic rings. The predicted molar refractivity (Wildman–Crippen MR) is 93.6 cm³/mol. The molecule has 1 aliphatic carbocycles. The molecular formula is C20H28O2. The standard InChI is InChI=1S/C20H28O2/c1-5-18-12-7-8-13-19(18)14-16(3)10-9-11-17(4)15-20(21)22-6-2/h5,9-11,14-15H,6-8,12-13H2,1-4H3/b11-9+,16-10+,17-15-,18-5-,19-14+. The maximum absolute atomic E-state index is 11.3. The fourth-order valence-electron chi connectivity index (χ4n) is 2.54. The summed E-state index contributed by atoms with van der Waals surface area (Å²) < 4.78 is 4.88. The van der Waals surface area contributed by atoms with Gasteiger partial charge in [-0.15, -0.1) is 0 Å². The number of esters is 1. The van der Waals surface area contributed by atoms with E-state index in [1.165, 1.54) is 48.5 Å². The van der Waals surface area contributed by atoms with Crippen molar-refractivity contribution >= 4 is 5.97 Å². The summed E-state index contributed by atoms with van der Waals surface area (Å²) in [6.07, 6.45) is 17.0. The number of carbonyl (C=O) groups is 1. The molecule has 0 unspecified atom stereocenters. The minimum atomic E-state index is -0.285. The summed E-state index contributed by atoms with van der Waals surface area (Å²) in [6, 6.07) is 0. The van der Waals surface area contributed by atoms with Crippen LogP contribution in [0.1, 0.15) is 53.4 Å². The molecular weight excluding hydrogens is 272 g/mol. The first-order valence-corrected chi connectivity index (χ1v) is 8.13. The lowest BCUT2D eigenvalue weighted by molar-refractivity contribution is -0.137. The smallest absolute Gasteiger partial charge is 0.330 e. The summed E-state index contributed by atoms with van der Waals surface area (Å²) in [5.41, 5.74) is 5.08. The summed E-state index contributed by atoms with van der Waals surface area (Å²) >= 11 is 0. The molecule has 0 aromatic carbocycles. The van der Waals surface area contributed by atoms with Crippen molar-refractivity contribution in [3.05, 3.63) is 58.7 Å². The average Bonchev–Trinajstić information content (AvgIpc) is 2.47. The Labute approximate surface area is 134 Å². The fourth-order valence-corrected chi connectivity index (χ4v) is 2.54. The van der Waals surface area contributed by atoms with Crippen LogP contribution in [0.2, 0.25) is 0 Å². The minimum Gasteiger partial charge on any atom is -0.463 e. The molecule has 0 N–H and O–H groups in total. The molecule has 0 radical (unpaired) electrons. The van der Waals surface area contributed by atoms with Gasteiger partial charge in [0.25, 0.3) is 0 Å². The average molecular weight is 300 g/mol. The van der Waals surface area contributed by atoms with Crippen molar-refractivity contribution in [2.24, 2.45) is 0 Å². The molecule has 1 saturated carbocycles. The van der Waals surface area contributed by atoms with E-state index >= 15 is 0 Å². The van der Waals surface area contributed by atoms with E-state index in [9.17, 15) is 4.79 Å². The van der Waals surface area contributed by atoms with Crippen LogP contribution >= 0.6 is 0 Å². The van der Waals surface area contributed by atoms with Crippen LogP contribution in [0.5, 0.6) is 0 Å². The van der Waals surface area contributed by atoms with Gasteiger partial charge in [-0.3, -0.25) is 0 Å². The molecule has 2 nitrogen and oxygen atoms in total. The number of rotatable bonds is 5. The highest BCUT2D eigenvalue weighted by atomic mass is 16.5. The van der Waals surface area contributed by atoms with E-state index in [0.717, 1.165) is 5.57 Å². The topological polar surface area (TPSA) is 26.3 Å². The zero-order chi connectivity index (χ0) is 16.4. The number of carbonyl (C=O) groups excluding carboxylic acids is 1. The van der Waals surface area contributed by atoms with Crippen molar-refractivity contribution in [2.75, 3.05) is 6.61 Å². The van der Waals surface area contributed by atoms with Gasteiger partial charge in [-0.2, -0.15) is 0 Å². The van der Waals surface area contributed by atoms with Gasteiger partial charge in [0.1, 0.15) is 0 Å². The summed E-state index contributed by atoms with van der Waals surface area (Å²) in [7, 11) is 0. The van der Waals surface area contributed by atoms with Gasteiger partial charge in [-0.05, 0) is 70.1 Å². The molecule has 0 aliphatic heterocycles. The highest BCUT2D eigenvalue weighted by molar-refractivity contribution is 5.83. The Morgan fingerprint density at radius 3 is 2.45 bits per heavy atom. The summed E-state index contributed by atoms with van der Waals surface area (Å²) in [4.78, 5) is 11.3. The van der Waals surface area contributed by atoms with E-state index in [1.807, 2.05) is 19.1 Å². The Hall–Kier alpha value is -1.83. The largest absolute Gasteiger partial charge is 0.463 e. The van der Waals surface area contributed by atoms with E-state index in [0.29, 0.717) is 6.61 Å². The van der Waals surface area contributed by atoms with Crippen molar-refractivity contribution in [1.29, 1.82) is 0 Å². The number of hydrogen-bond acceptors (Lipinski definition) is 2. The molecule has 1 fully saturated rings. The monoisotopic (exact) mass is 300 g/mol. The van der Waals surface area contributed by atoms with Gasteiger partial charge in [-0.25, -0.2) is 4.79 Å². The van der Waals surface area contributed by atoms with Crippen molar-refractivity contribution < 1.29 is 9.53 Å². The second kappa shape index (κ2) is 9.99. The molecule has 22 heavy (non-hydrogen) atoms. The number of allylic oxidation sites excluding steroid dienone is 9. The normalized spacial score (nSPS) is 20.9. The molecule has 0 spiro atoms. The summed E-state index contributed by atoms with van der Waals surface area (Å²) in [6.45, 7) is 8.35. The minimum absolute atomic E-state index is 0.285. The molecule has 120 valence electrons. The van der Waals surface area contributed by atoms with Gasteiger partial charge < -0.3 is 4.74 Å². The Bertz CT molecular complexity index is 528. The van der Waals surface area contributed by atoms with Crippen LogP contribution in [0.3, 0.4) is 0 Å². The van der Waals surface area contributed by atoms with E-state index in [2.05, 4.69) is 32.1 Å². The van der Waals surface area contributed by atoms with E-state index in [1.54, 1.807) is 6.92 Å². The molecule has 0 amide bonds. The van der Waals surface area contributed by atoms with Crippen LogP contribution in [-0.4, -0.2) is 12.6 Å². The highest BCUT2D eigenvalue weighted by Gasteiger charge is 2.10. The van der Waals surface area contributed by atoms with Gasteiger partial charge in [0.15, 0.2) is 0 Å². The van der Waals surface area contributed by atoms with Crippen LogP contribution < -0.4 is 0 Å². The Morgan fingerprint density at radius 1 is 1.14 bits per heavy atom. The Morgan fingerprint density at radius 2 is 1.82 bits per heavy atom. The number of hydrogen-bond donors (Lipinski definition) is 0. The van der Waals surface area contributed by atoms with Crippen molar-refractivity contribution in [2.45, 2.75) is 53.4 Å². The lowest BCUT2D eigenvalue weighted by Gasteiger charge is -2.18. The summed E-state index contributed by atoms with van der Waals surface area (Å²) in [5, 5.41) is 0. The van der Waals surface area contributed by atoms with Crippen molar-refractivity contribution in [1.82, 2.24) is 0 Å². The fraction of sp³-hybridized carbons (Fsp3) is 0.450. The molecule has 0 saturated heterocycles. The molecule has 0 aromatic heterocycles. The second-order valence-electron chi connectivity index (χ2n) is 5.60. The van der Waals surface area contributed by atoms with E-state index in [-0.39, 0.29) is 5.97 Å². The molecule has 0 atom stereocenters. The van der Waals surface area contributed by atoms with Crippen LogP contribution in [-0.2, 0) is 9.53 Å². The predicted octanol–water partition coefficient (Wildman–Crippen LogP) is 5.45. The lowest BCUT2D eigenvalue weighted by Crippen LogP contribution is -1.99. The Balaban J connectivity index is 2.69. The zero-order valence-electron chi connectivity index (χ0n) is 14.3. The first kappa shape index (κ1) is 18.2. The molecule has 1 rings (SSSR count). The maximum atomic E-state index is 11.3. The van der Waals surface area contributed by atoms with E-state index < -0.39 is 0 Å². The third-order valence-corrected chi connectivity index (χ3v) is 3.66. The van der Waals surface area contributed by atoms with Gasteiger partial charge in [-0.1, -0.05) is 36.0 Å². The molecule has 0 heterocycles. The van der Waals surface area contributed by atoms with Crippen LogP contribution in [0.25, 0.3) is 0 Å². The third kappa shape index (κ3) is 6.75. The second-order valence-corrected chi connectivity index (χ2v) is 5.60. The zero-order valence-corrected chi connectivity index (χ0v) is 14.3. The van der Waals surface area contributed by atoms with Gasteiger partial charge in [0.2, 0.25) is 0 Å². The van der Waals surface area contributed by atoms with Crippen LogP contribution in [0, 0.1) is 0 Å². The van der Waals surface area contributed by atoms with Gasteiger partial charge in [0, 0.05) is 6.08 Å². The van der Waals surface area contributed by atoms with Crippen molar-refractivity contribution in [3.8, 4) is 0 Å².